The summed E-state index contributed by atoms with van der Waals surface area (Å²) in [7, 11) is 0. The maximum Gasteiger partial charge on any atom is 0.251 e. The highest BCUT2D eigenvalue weighted by molar-refractivity contribution is 5.94. The number of rotatable bonds is 5. The number of carbonyl (C=O) groups excluding carboxylic acids is 1. The first-order chi connectivity index (χ1) is 13.3. The normalized spacial score (nSPS) is 20.6. The van der Waals surface area contributed by atoms with Crippen LogP contribution in [0.4, 0.5) is 5.69 Å². The summed E-state index contributed by atoms with van der Waals surface area (Å²) in [5, 5.41) is 3.23. The molecule has 5 heteroatoms. The van der Waals surface area contributed by atoms with Crippen LogP contribution in [0.2, 0.25) is 0 Å². The molecule has 142 valence electrons. The maximum atomic E-state index is 12.7. The quantitative estimate of drug-likeness (QED) is 0.886. The molecule has 2 aliphatic rings. The van der Waals surface area contributed by atoms with Crippen molar-refractivity contribution in [1.82, 2.24) is 15.2 Å². The van der Waals surface area contributed by atoms with Gasteiger partial charge in [0.2, 0.25) is 0 Å². The lowest BCUT2D eigenvalue weighted by atomic mass is 10.0. The van der Waals surface area contributed by atoms with Crippen molar-refractivity contribution in [2.75, 3.05) is 31.1 Å². The van der Waals surface area contributed by atoms with Crippen LogP contribution in [0.3, 0.4) is 0 Å². The largest absolute Gasteiger partial charge is 0.372 e. The second kappa shape index (κ2) is 8.53. The summed E-state index contributed by atoms with van der Waals surface area (Å²) in [5.74, 6) is 0.0381. The van der Waals surface area contributed by atoms with Crippen molar-refractivity contribution in [2.24, 2.45) is 0 Å². The molecule has 1 amide bonds. The lowest BCUT2D eigenvalue weighted by Crippen LogP contribution is -2.47. The van der Waals surface area contributed by atoms with Gasteiger partial charge in [0.15, 0.2) is 0 Å². The summed E-state index contributed by atoms with van der Waals surface area (Å²) in [6, 6.07) is 12.4. The van der Waals surface area contributed by atoms with Gasteiger partial charge in [-0.15, -0.1) is 0 Å². The number of piperidine rings is 1. The van der Waals surface area contributed by atoms with Crippen molar-refractivity contribution in [1.29, 1.82) is 0 Å². The SMILES string of the molecule is O=C(NC1CCCN(Cc2cccnc2)C1)c1ccc(N2CCCC2)cc1. The van der Waals surface area contributed by atoms with Crippen molar-refractivity contribution >= 4 is 11.6 Å². The first kappa shape index (κ1) is 18.0. The number of hydrogen-bond acceptors (Lipinski definition) is 4. The number of likely N-dealkylation sites (tertiary alicyclic amines) is 1. The molecule has 2 aliphatic heterocycles. The molecule has 3 heterocycles. The highest BCUT2D eigenvalue weighted by Gasteiger charge is 2.22. The van der Waals surface area contributed by atoms with Gasteiger partial charge in [-0.3, -0.25) is 14.7 Å². The number of anilines is 1. The average Bonchev–Trinajstić information content (AvgIpc) is 3.24. The van der Waals surface area contributed by atoms with Crippen LogP contribution in [-0.4, -0.2) is 48.0 Å². The summed E-state index contributed by atoms with van der Waals surface area (Å²) in [6.45, 7) is 5.11. The van der Waals surface area contributed by atoms with E-state index in [1.54, 1.807) is 6.20 Å². The van der Waals surface area contributed by atoms with Gasteiger partial charge in [-0.2, -0.15) is 0 Å². The van der Waals surface area contributed by atoms with E-state index in [9.17, 15) is 4.79 Å². The number of nitrogens with one attached hydrogen (secondary N) is 1. The fourth-order valence-electron chi connectivity index (χ4n) is 4.13. The van der Waals surface area contributed by atoms with E-state index in [-0.39, 0.29) is 11.9 Å². The lowest BCUT2D eigenvalue weighted by Gasteiger charge is -2.33. The van der Waals surface area contributed by atoms with Gasteiger partial charge in [-0.05, 0) is 68.1 Å². The van der Waals surface area contributed by atoms with E-state index in [1.165, 1.54) is 24.1 Å². The Labute approximate surface area is 161 Å². The predicted octanol–water partition coefficient (Wildman–Crippen LogP) is 3.08. The highest BCUT2D eigenvalue weighted by Crippen LogP contribution is 2.21. The summed E-state index contributed by atoms with van der Waals surface area (Å²) in [6.07, 6.45) is 8.40. The van der Waals surface area contributed by atoms with Gasteiger partial charge >= 0.3 is 0 Å². The zero-order valence-electron chi connectivity index (χ0n) is 15.8. The number of benzene rings is 1. The average molecular weight is 364 g/mol. The van der Waals surface area contributed by atoms with Crippen LogP contribution in [0.5, 0.6) is 0 Å². The van der Waals surface area contributed by atoms with Crippen LogP contribution in [0.15, 0.2) is 48.8 Å². The van der Waals surface area contributed by atoms with E-state index >= 15 is 0 Å². The van der Waals surface area contributed by atoms with Crippen molar-refractivity contribution in [3.05, 3.63) is 59.9 Å². The number of amides is 1. The zero-order chi connectivity index (χ0) is 18.5. The summed E-state index contributed by atoms with van der Waals surface area (Å²) in [5.41, 5.74) is 3.20. The van der Waals surface area contributed by atoms with Gasteiger partial charge < -0.3 is 10.2 Å². The molecule has 27 heavy (non-hydrogen) atoms. The Morgan fingerprint density at radius 2 is 1.89 bits per heavy atom. The van der Waals surface area contributed by atoms with Crippen molar-refractivity contribution < 1.29 is 4.79 Å². The second-order valence-electron chi connectivity index (χ2n) is 7.65. The fourth-order valence-corrected chi connectivity index (χ4v) is 4.13. The summed E-state index contributed by atoms with van der Waals surface area (Å²) < 4.78 is 0. The van der Waals surface area contributed by atoms with Crippen molar-refractivity contribution in [2.45, 2.75) is 38.3 Å². The third-order valence-corrected chi connectivity index (χ3v) is 5.57. The third kappa shape index (κ3) is 4.66. The first-order valence-electron chi connectivity index (χ1n) is 10.0. The standard InChI is InChI=1S/C22H28N4O/c27-22(19-7-9-21(10-8-19)26-13-1-2-14-26)24-20-6-4-12-25(17-20)16-18-5-3-11-23-15-18/h3,5,7-11,15,20H,1-2,4,6,12-14,16-17H2,(H,24,27). The molecule has 1 aromatic carbocycles. The number of pyridine rings is 1. The molecule has 2 aromatic rings. The van der Waals surface area contributed by atoms with Gasteiger partial charge in [0.25, 0.3) is 5.91 Å². The Kier molecular flexibility index (Phi) is 5.68. The van der Waals surface area contributed by atoms with E-state index in [1.807, 2.05) is 24.4 Å². The van der Waals surface area contributed by atoms with Gasteiger partial charge in [0, 0.05) is 55.9 Å². The molecule has 1 N–H and O–H groups in total. The Morgan fingerprint density at radius 3 is 2.63 bits per heavy atom. The first-order valence-corrected chi connectivity index (χ1v) is 10.0. The Hall–Kier alpha value is -2.40. The van der Waals surface area contributed by atoms with Gasteiger partial charge in [0.05, 0.1) is 0 Å². The fraction of sp³-hybridized carbons (Fsp3) is 0.455. The van der Waals surface area contributed by atoms with Crippen LogP contribution in [-0.2, 0) is 6.54 Å². The Bertz CT molecular complexity index is 741. The minimum absolute atomic E-state index is 0.0381. The van der Waals surface area contributed by atoms with Crippen LogP contribution in [0.1, 0.15) is 41.6 Å². The van der Waals surface area contributed by atoms with Crippen molar-refractivity contribution in [3.63, 3.8) is 0 Å². The number of hydrogen-bond donors (Lipinski definition) is 1. The van der Waals surface area contributed by atoms with Crippen LogP contribution >= 0.6 is 0 Å². The molecule has 2 fully saturated rings. The Balaban J connectivity index is 1.32. The molecule has 0 saturated carbocycles. The molecule has 0 spiro atoms. The lowest BCUT2D eigenvalue weighted by molar-refractivity contribution is 0.0901. The van der Waals surface area contributed by atoms with Gasteiger partial charge in [-0.25, -0.2) is 0 Å². The van der Waals surface area contributed by atoms with E-state index in [2.05, 4.69) is 38.3 Å². The van der Waals surface area contributed by atoms with Crippen LogP contribution in [0, 0.1) is 0 Å². The zero-order valence-corrected chi connectivity index (χ0v) is 15.8. The molecule has 5 nitrogen and oxygen atoms in total. The Morgan fingerprint density at radius 1 is 1.07 bits per heavy atom. The highest BCUT2D eigenvalue weighted by atomic mass is 16.1. The third-order valence-electron chi connectivity index (χ3n) is 5.57. The number of aromatic nitrogens is 1. The van der Waals surface area contributed by atoms with Gasteiger partial charge in [0.1, 0.15) is 0 Å². The molecule has 1 unspecified atom stereocenters. The second-order valence-corrected chi connectivity index (χ2v) is 7.65. The number of nitrogens with zero attached hydrogens (tertiary/aromatic N) is 3. The molecule has 0 radical (unpaired) electrons. The molecular weight excluding hydrogens is 336 g/mol. The topological polar surface area (TPSA) is 48.5 Å². The monoisotopic (exact) mass is 364 g/mol. The molecule has 1 atom stereocenters. The minimum Gasteiger partial charge on any atom is -0.372 e. The van der Waals surface area contributed by atoms with Crippen LogP contribution < -0.4 is 10.2 Å². The molecule has 1 aromatic heterocycles. The van der Waals surface area contributed by atoms with Crippen LogP contribution in [0.25, 0.3) is 0 Å². The molecular formula is C22H28N4O. The molecule has 0 bridgehead atoms. The van der Waals surface area contributed by atoms with E-state index in [0.29, 0.717) is 0 Å². The van der Waals surface area contributed by atoms with E-state index in [0.717, 1.165) is 51.1 Å². The maximum absolute atomic E-state index is 12.7. The molecule has 0 aliphatic carbocycles. The predicted molar refractivity (Wildman–Crippen MR) is 108 cm³/mol. The smallest absolute Gasteiger partial charge is 0.251 e. The minimum atomic E-state index is 0.0381. The molecule has 4 rings (SSSR count). The van der Waals surface area contributed by atoms with Gasteiger partial charge in [-0.1, -0.05) is 6.07 Å². The van der Waals surface area contributed by atoms with Crippen molar-refractivity contribution in [3.8, 4) is 0 Å². The molecule has 2 saturated heterocycles. The summed E-state index contributed by atoms with van der Waals surface area (Å²) >= 11 is 0. The summed E-state index contributed by atoms with van der Waals surface area (Å²) in [4.78, 5) is 21.6. The van der Waals surface area contributed by atoms with E-state index < -0.39 is 0 Å². The van der Waals surface area contributed by atoms with E-state index in [4.69, 9.17) is 0 Å². The number of carbonyl (C=O) groups is 1.